The van der Waals surface area contributed by atoms with E-state index in [1.165, 1.54) is 6.07 Å². The second kappa shape index (κ2) is 12.6. The summed E-state index contributed by atoms with van der Waals surface area (Å²) < 4.78 is 21.9. The number of fused-ring (bicyclic) bond motifs is 1. The van der Waals surface area contributed by atoms with Gasteiger partial charge in [0, 0.05) is 69.6 Å². The van der Waals surface area contributed by atoms with Crippen LogP contribution in [-0.4, -0.2) is 63.3 Å². The minimum Gasteiger partial charge on any atom is -0.493 e. The maximum absolute atomic E-state index is 14.6. The number of hydrogen-bond donors (Lipinski definition) is 2. The number of nitrogens with zero attached hydrogens (tertiary/aromatic N) is 4. The van der Waals surface area contributed by atoms with Crippen LogP contribution in [-0.2, 0) is 22.5 Å². The first-order valence-electron chi connectivity index (χ1n) is 13.8. The molecule has 0 unspecified atom stereocenters. The predicted molar refractivity (Wildman–Crippen MR) is 152 cm³/mol. The highest BCUT2D eigenvalue weighted by molar-refractivity contribution is 5.78. The number of likely N-dealkylation sites (tertiary alicyclic amines) is 1. The molecule has 9 heteroatoms. The Morgan fingerprint density at radius 1 is 1.18 bits per heavy atom. The topological polar surface area (TPSA) is 106 Å². The lowest BCUT2D eigenvalue weighted by molar-refractivity contribution is -0.132. The molecule has 2 aromatic heterocycles. The van der Waals surface area contributed by atoms with Crippen LogP contribution in [0.15, 0.2) is 60.8 Å². The molecule has 2 aromatic carbocycles. The number of carbonyl (C=O) groups excluding carboxylic acids is 1. The molecule has 210 valence electrons. The average Bonchev–Trinajstić information content (AvgIpc) is 3.34. The first-order chi connectivity index (χ1) is 19.4. The Morgan fingerprint density at radius 3 is 2.73 bits per heavy atom. The second-order valence-electron chi connectivity index (χ2n) is 10.5. The minimum atomic E-state index is -0.327. The maximum Gasteiger partial charge on any atom is 0.224 e. The molecule has 0 spiro atoms. The number of piperidine rings is 1. The molecule has 1 saturated heterocycles. The number of methoxy groups -OCH3 is 1. The van der Waals surface area contributed by atoms with Crippen molar-refractivity contribution in [2.45, 2.75) is 50.6 Å². The van der Waals surface area contributed by atoms with Gasteiger partial charge in [-0.25, -0.2) is 14.4 Å². The van der Waals surface area contributed by atoms with E-state index in [1.807, 2.05) is 41.3 Å². The van der Waals surface area contributed by atoms with Gasteiger partial charge in [0.2, 0.25) is 11.8 Å². The number of amides is 1. The quantitative estimate of drug-likeness (QED) is 0.281. The first-order valence-corrected chi connectivity index (χ1v) is 13.8. The van der Waals surface area contributed by atoms with E-state index in [4.69, 9.17) is 15.5 Å². The van der Waals surface area contributed by atoms with Gasteiger partial charge in [-0.1, -0.05) is 30.3 Å². The molecule has 1 fully saturated rings. The Labute approximate surface area is 233 Å². The molecule has 1 aliphatic rings. The minimum absolute atomic E-state index is 0.00865. The van der Waals surface area contributed by atoms with Crippen molar-refractivity contribution in [1.29, 1.82) is 0 Å². The zero-order valence-corrected chi connectivity index (χ0v) is 22.8. The molecule has 2 atom stereocenters. The number of hydrogen-bond acceptors (Lipinski definition) is 6. The van der Waals surface area contributed by atoms with E-state index in [0.29, 0.717) is 38.2 Å². The molecular weight excluding hydrogens is 509 g/mol. The van der Waals surface area contributed by atoms with Crippen molar-refractivity contribution in [2.24, 2.45) is 5.73 Å². The number of aryl methyl sites for hydroxylation is 1. The average molecular weight is 546 g/mol. The number of aromatic hydroxyl groups is 1. The van der Waals surface area contributed by atoms with Crippen LogP contribution in [0.4, 0.5) is 4.39 Å². The number of pyridine rings is 1. The van der Waals surface area contributed by atoms with Crippen LogP contribution in [0.5, 0.6) is 5.88 Å². The molecule has 40 heavy (non-hydrogen) atoms. The Balaban J connectivity index is 1.22. The second-order valence-corrected chi connectivity index (χ2v) is 10.5. The highest BCUT2D eigenvalue weighted by atomic mass is 19.1. The lowest BCUT2D eigenvalue weighted by atomic mass is 9.95. The van der Waals surface area contributed by atoms with Gasteiger partial charge in [0.05, 0.1) is 5.52 Å². The third-order valence-corrected chi connectivity index (χ3v) is 7.60. The van der Waals surface area contributed by atoms with Crippen LogP contribution in [0.25, 0.3) is 22.2 Å². The number of para-hydroxylation sites is 1. The summed E-state index contributed by atoms with van der Waals surface area (Å²) in [7, 11) is 1.67. The number of benzene rings is 2. The summed E-state index contributed by atoms with van der Waals surface area (Å²) in [6.45, 7) is 2.53. The number of aromatic nitrogens is 3. The SMILES string of the molecule is COCCCn1c([C@@H]2CCCN(C(=O)C[C@H](N)Cc3ccc(-c4ccc(O)nc4)cc3)C2)nc2c(F)cccc21. The van der Waals surface area contributed by atoms with Crippen LogP contribution >= 0.6 is 0 Å². The lowest BCUT2D eigenvalue weighted by Gasteiger charge is -2.33. The van der Waals surface area contributed by atoms with E-state index in [9.17, 15) is 14.3 Å². The van der Waals surface area contributed by atoms with E-state index in [-0.39, 0.29) is 36.0 Å². The van der Waals surface area contributed by atoms with Crippen molar-refractivity contribution in [3.8, 4) is 17.0 Å². The highest BCUT2D eigenvalue weighted by Gasteiger charge is 2.29. The van der Waals surface area contributed by atoms with E-state index in [0.717, 1.165) is 47.3 Å². The molecule has 0 aliphatic carbocycles. The van der Waals surface area contributed by atoms with Crippen molar-refractivity contribution in [2.75, 3.05) is 26.8 Å². The largest absolute Gasteiger partial charge is 0.493 e. The van der Waals surface area contributed by atoms with Gasteiger partial charge in [0.25, 0.3) is 0 Å². The number of rotatable bonds is 10. The third-order valence-electron chi connectivity index (χ3n) is 7.60. The Bertz CT molecular complexity index is 1440. The molecule has 3 N–H and O–H groups in total. The van der Waals surface area contributed by atoms with E-state index >= 15 is 0 Å². The summed E-state index contributed by atoms with van der Waals surface area (Å²) in [6.07, 6.45) is 5.03. The molecule has 4 aromatic rings. The van der Waals surface area contributed by atoms with Crippen molar-refractivity contribution in [3.05, 3.63) is 78.0 Å². The van der Waals surface area contributed by atoms with Crippen LogP contribution in [0, 0.1) is 5.82 Å². The van der Waals surface area contributed by atoms with Crippen LogP contribution in [0.3, 0.4) is 0 Å². The Morgan fingerprint density at radius 2 is 1.98 bits per heavy atom. The summed E-state index contributed by atoms with van der Waals surface area (Å²) in [4.78, 5) is 23.8. The van der Waals surface area contributed by atoms with Crippen LogP contribution in [0.2, 0.25) is 0 Å². The van der Waals surface area contributed by atoms with E-state index < -0.39 is 0 Å². The molecule has 1 amide bonds. The maximum atomic E-state index is 14.6. The number of ether oxygens (including phenoxy) is 1. The molecule has 0 saturated carbocycles. The monoisotopic (exact) mass is 545 g/mol. The standard InChI is InChI=1S/C31H36FN5O3/c1-40-16-4-15-37-27-7-2-6-26(32)30(27)35-31(37)24-5-3-14-36(20-24)29(39)18-25(33)17-21-8-10-22(11-9-21)23-12-13-28(38)34-19-23/h2,6-13,19,24-25H,3-5,14-18,20,33H2,1H3,(H,34,38)/t24-,25-/m1/s1. The normalized spacial score (nSPS) is 16.4. The molecule has 0 bridgehead atoms. The highest BCUT2D eigenvalue weighted by Crippen LogP contribution is 2.31. The Hall–Kier alpha value is -3.82. The molecule has 1 aliphatic heterocycles. The van der Waals surface area contributed by atoms with Crippen LogP contribution in [0.1, 0.15) is 43.0 Å². The zero-order chi connectivity index (χ0) is 28.1. The van der Waals surface area contributed by atoms with Gasteiger partial charge in [-0.2, -0.15) is 0 Å². The van der Waals surface area contributed by atoms with E-state index in [2.05, 4.69) is 9.55 Å². The molecule has 3 heterocycles. The van der Waals surface area contributed by atoms with Gasteiger partial charge in [-0.15, -0.1) is 0 Å². The fourth-order valence-electron chi connectivity index (χ4n) is 5.58. The smallest absolute Gasteiger partial charge is 0.224 e. The predicted octanol–water partition coefficient (Wildman–Crippen LogP) is 4.65. The summed E-state index contributed by atoms with van der Waals surface area (Å²) in [5, 5.41) is 9.40. The van der Waals surface area contributed by atoms with Gasteiger partial charge in [-0.05, 0) is 55.0 Å². The molecule has 0 radical (unpaired) electrons. The first kappa shape index (κ1) is 27.7. The van der Waals surface area contributed by atoms with Crippen molar-refractivity contribution < 1.29 is 19.0 Å². The molecule has 8 nitrogen and oxygen atoms in total. The summed E-state index contributed by atoms with van der Waals surface area (Å²) >= 11 is 0. The fraction of sp³-hybridized carbons (Fsp3) is 0.387. The van der Waals surface area contributed by atoms with Crippen molar-refractivity contribution in [3.63, 3.8) is 0 Å². The number of carbonyl (C=O) groups is 1. The summed E-state index contributed by atoms with van der Waals surface area (Å²) in [6, 6.07) is 16.1. The molecular formula is C31H36FN5O3. The zero-order valence-electron chi connectivity index (χ0n) is 22.8. The van der Waals surface area contributed by atoms with Gasteiger partial charge in [0.1, 0.15) is 11.3 Å². The summed E-state index contributed by atoms with van der Waals surface area (Å²) in [5.41, 5.74) is 10.6. The lowest BCUT2D eigenvalue weighted by Crippen LogP contribution is -2.42. The van der Waals surface area contributed by atoms with Gasteiger partial charge < -0.3 is 25.0 Å². The third kappa shape index (κ3) is 6.32. The van der Waals surface area contributed by atoms with Crippen molar-refractivity contribution in [1.82, 2.24) is 19.4 Å². The number of halogens is 1. The van der Waals surface area contributed by atoms with Crippen molar-refractivity contribution >= 4 is 16.9 Å². The van der Waals surface area contributed by atoms with Gasteiger partial charge in [-0.3, -0.25) is 4.79 Å². The molecule has 5 rings (SSSR count). The van der Waals surface area contributed by atoms with E-state index in [1.54, 1.807) is 25.4 Å². The van der Waals surface area contributed by atoms with Crippen LogP contribution < -0.4 is 5.73 Å². The summed E-state index contributed by atoms with van der Waals surface area (Å²) in [5.74, 6) is 0.571. The number of nitrogens with two attached hydrogens (primary N) is 1. The fourth-order valence-corrected chi connectivity index (χ4v) is 5.58. The number of imidazole rings is 1. The Kier molecular flexibility index (Phi) is 8.72. The van der Waals surface area contributed by atoms with Gasteiger partial charge in [0.15, 0.2) is 5.82 Å². The van der Waals surface area contributed by atoms with Gasteiger partial charge >= 0.3 is 0 Å².